The summed E-state index contributed by atoms with van der Waals surface area (Å²) in [5.41, 5.74) is 4.12. The topological polar surface area (TPSA) is 48.9 Å². The minimum atomic E-state index is 0.278. The van der Waals surface area contributed by atoms with Gasteiger partial charge in [0.05, 0.1) is 0 Å². The van der Waals surface area contributed by atoms with E-state index >= 15 is 0 Å². The van der Waals surface area contributed by atoms with Crippen molar-refractivity contribution >= 4 is 11.0 Å². The number of hydrogen-bond donors (Lipinski definition) is 2. The monoisotopic (exact) mass is 224 g/mol. The van der Waals surface area contributed by atoms with Crippen molar-refractivity contribution in [1.82, 2.24) is 9.97 Å². The molecule has 2 N–H and O–H groups in total. The highest BCUT2D eigenvalue weighted by atomic mass is 16.3. The summed E-state index contributed by atoms with van der Waals surface area (Å²) in [5.74, 6) is 0.278. The quantitative estimate of drug-likeness (QED) is 0.666. The van der Waals surface area contributed by atoms with Gasteiger partial charge in [-0.2, -0.15) is 0 Å². The Hall–Kier alpha value is -2.29. The number of phenolic OH excluding ortho intramolecular Hbond substituents is 1. The van der Waals surface area contributed by atoms with Crippen molar-refractivity contribution in [2.45, 2.75) is 6.92 Å². The number of pyridine rings is 1. The van der Waals surface area contributed by atoms with Gasteiger partial charge in [-0.3, -0.25) is 0 Å². The lowest BCUT2D eigenvalue weighted by molar-refractivity contribution is 0.475. The Kier molecular flexibility index (Phi) is 2.11. The third-order valence-corrected chi connectivity index (χ3v) is 2.81. The van der Waals surface area contributed by atoms with Crippen molar-refractivity contribution in [1.29, 1.82) is 0 Å². The van der Waals surface area contributed by atoms with E-state index in [2.05, 4.69) is 22.1 Å². The van der Waals surface area contributed by atoms with E-state index in [1.165, 1.54) is 0 Å². The summed E-state index contributed by atoms with van der Waals surface area (Å²) in [6.45, 7) is 2.02. The summed E-state index contributed by atoms with van der Waals surface area (Å²) in [6.07, 6.45) is 1.84. The van der Waals surface area contributed by atoms with Gasteiger partial charge in [-0.05, 0) is 36.8 Å². The molecule has 3 heteroatoms. The molecule has 0 spiro atoms. The van der Waals surface area contributed by atoms with Crippen LogP contribution in [0.25, 0.3) is 22.2 Å². The molecule has 0 fully saturated rings. The molecular weight excluding hydrogens is 212 g/mol. The summed E-state index contributed by atoms with van der Waals surface area (Å²) in [6, 6.07) is 11.3. The van der Waals surface area contributed by atoms with Gasteiger partial charge in [0.1, 0.15) is 11.4 Å². The van der Waals surface area contributed by atoms with E-state index in [0.29, 0.717) is 0 Å². The molecule has 2 heterocycles. The van der Waals surface area contributed by atoms with Crippen LogP contribution >= 0.6 is 0 Å². The van der Waals surface area contributed by atoms with E-state index < -0.39 is 0 Å². The first-order valence-corrected chi connectivity index (χ1v) is 5.47. The maximum Gasteiger partial charge on any atom is 0.137 e. The Balaban J connectivity index is 2.13. The van der Waals surface area contributed by atoms with Gasteiger partial charge in [0.2, 0.25) is 0 Å². The Labute approximate surface area is 98.8 Å². The van der Waals surface area contributed by atoms with E-state index in [4.69, 9.17) is 0 Å². The molecule has 0 aliphatic carbocycles. The average molecular weight is 224 g/mol. The molecule has 1 aromatic carbocycles. The van der Waals surface area contributed by atoms with Gasteiger partial charge >= 0.3 is 0 Å². The van der Waals surface area contributed by atoms with Crippen LogP contribution in [0.4, 0.5) is 0 Å². The molecule has 0 amide bonds. The predicted octanol–water partition coefficient (Wildman–Crippen LogP) is 3.24. The molecule has 0 radical (unpaired) electrons. The molecule has 0 unspecified atom stereocenters. The molecular formula is C14H12N2O. The van der Waals surface area contributed by atoms with E-state index in [1.807, 2.05) is 25.3 Å². The van der Waals surface area contributed by atoms with Crippen LogP contribution in [0.5, 0.6) is 5.75 Å². The van der Waals surface area contributed by atoms with Crippen LogP contribution in [-0.4, -0.2) is 15.1 Å². The number of phenols is 1. The summed E-state index contributed by atoms with van der Waals surface area (Å²) in [7, 11) is 0. The zero-order valence-corrected chi connectivity index (χ0v) is 9.44. The van der Waals surface area contributed by atoms with E-state index in [9.17, 15) is 5.11 Å². The first-order valence-electron chi connectivity index (χ1n) is 5.47. The lowest BCUT2D eigenvalue weighted by Crippen LogP contribution is -1.81. The van der Waals surface area contributed by atoms with Gasteiger partial charge in [0.25, 0.3) is 0 Å². The number of hydrogen-bond acceptors (Lipinski definition) is 2. The Morgan fingerprint density at radius 2 is 1.82 bits per heavy atom. The number of fused-ring (bicyclic) bond motifs is 1. The van der Waals surface area contributed by atoms with Crippen LogP contribution in [0.1, 0.15) is 5.69 Å². The van der Waals surface area contributed by atoms with Crippen molar-refractivity contribution < 1.29 is 5.11 Å². The standard InChI is InChI=1S/C14H12N2O/c1-9-6-11-7-12(8-15-14(11)16-9)10-2-4-13(17)5-3-10/h2-8,17H,1H3,(H,15,16). The van der Waals surface area contributed by atoms with Crippen LogP contribution in [0.3, 0.4) is 0 Å². The highest BCUT2D eigenvalue weighted by molar-refractivity contribution is 5.82. The van der Waals surface area contributed by atoms with Gasteiger partial charge in [0, 0.05) is 22.8 Å². The Morgan fingerprint density at radius 1 is 1.06 bits per heavy atom. The number of nitrogens with one attached hydrogen (secondary N) is 1. The SMILES string of the molecule is Cc1cc2cc(-c3ccc(O)cc3)cnc2[nH]1. The number of aromatic hydroxyl groups is 1. The molecule has 17 heavy (non-hydrogen) atoms. The molecule has 2 aromatic heterocycles. The van der Waals surface area contributed by atoms with Gasteiger partial charge in [-0.1, -0.05) is 12.1 Å². The van der Waals surface area contributed by atoms with Crippen LogP contribution in [0.15, 0.2) is 42.6 Å². The highest BCUT2D eigenvalue weighted by Crippen LogP contribution is 2.24. The summed E-state index contributed by atoms with van der Waals surface area (Å²) in [5, 5.41) is 10.4. The second-order valence-electron chi connectivity index (χ2n) is 4.16. The lowest BCUT2D eigenvalue weighted by Gasteiger charge is -2.01. The average Bonchev–Trinajstić information content (AvgIpc) is 2.69. The second kappa shape index (κ2) is 3.63. The third kappa shape index (κ3) is 1.76. The van der Waals surface area contributed by atoms with Crippen LogP contribution in [0, 0.1) is 6.92 Å². The number of nitrogens with zero attached hydrogens (tertiary/aromatic N) is 1. The highest BCUT2D eigenvalue weighted by Gasteiger charge is 2.02. The molecule has 0 bridgehead atoms. The van der Waals surface area contributed by atoms with Crippen LogP contribution in [-0.2, 0) is 0 Å². The molecule has 0 saturated heterocycles. The van der Waals surface area contributed by atoms with E-state index in [0.717, 1.165) is 27.9 Å². The third-order valence-electron chi connectivity index (χ3n) is 2.81. The fraction of sp³-hybridized carbons (Fsp3) is 0.0714. The Bertz CT molecular complexity index is 668. The van der Waals surface area contributed by atoms with Crippen molar-refractivity contribution in [3.8, 4) is 16.9 Å². The van der Waals surface area contributed by atoms with Gasteiger partial charge in [0.15, 0.2) is 0 Å². The number of H-pyrrole nitrogens is 1. The van der Waals surface area contributed by atoms with Gasteiger partial charge < -0.3 is 10.1 Å². The summed E-state index contributed by atoms with van der Waals surface area (Å²) < 4.78 is 0. The fourth-order valence-corrected chi connectivity index (χ4v) is 1.96. The molecule has 0 aliphatic heterocycles. The molecule has 0 aliphatic rings. The molecule has 0 atom stereocenters. The number of aromatic nitrogens is 2. The Morgan fingerprint density at radius 3 is 2.59 bits per heavy atom. The van der Waals surface area contributed by atoms with Gasteiger partial charge in [-0.15, -0.1) is 0 Å². The maximum absolute atomic E-state index is 9.26. The first-order chi connectivity index (χ1) is 8.22. The lowest BCUT2D eigenvalue weighted by atomic mass is 10.1. The normalized spacial score (nSPS) is 10.9. The molecule has 0 saturated carbocycles. The molecule has 3 aromatic rings. The first kappa shape index (κ1) is 9.90. The maximum atomic E-state index is 9.26. The second-order valence-corrected chi connectivity index (χ2v) is 4.16. The zero-order valence-electron chi connectivity index (χ0n) is 9.44. The smallest absolute Gasteiger partial charge is 0.137 e. The summed E-state index contributed by atoms with van der Waals surface area (Å²) in [4.78, 5) is 7.58. The van der Waals surface area contributed by atoms with Crippen molar-refractivity contribution in [3.05, 3.63) is 48.3 Å². The molecule has 3 rings (SSSR count). The fourth-order valence-electron chi connectivity index (χ4n) is 1.96. The van der Waals surface area contributed by atoms with E-state index in [1.54, 1.807) is 12.1 Å². The minimum Gasteiger partial charge on any atom is -0.508 e. The number of rotatable bonds is 1. The van der Waals surface area contributed by atoms with Gasteiger partial charge in [-0.25, -0.2) is 4.98 Å². The van der Waals surface area contributed by atoms with E-state index in [-0.39, 0.29) is 5.75 Å². The number of aromatic amines is 1. The largest absolute Gasteiger partial charge is 0.508 e. The molecule has 84 valence electrons. The summed E-state index contributed by atoms with van der Waals surface area (Å²) >= 11 is 0. The van der Waals surface area contributed by atoms with Crippen molar-refractivity contribution in [2.24, 2.45) is 0 Å². The number of aryl methyl sites for hydroxylation is 1. The van der Waals surface area contributed by atoms with Crippen molar-refractivity contribution in [3.63, 3.8) is 0 Å². The molecule has 3 nitrogen and oxygen atoms in total. The van der Waals surface area contributed by atoms with Crippen LogP contribution in [0.2, 0.25) is 0 Å². The van der Waals surface area contributed by atoms with Crippen molar-refractivity contribution in [2.75, 3.05) is 0 Å². The minimum absolute atomic E-state index is 0.278. The predicted molar refractivity (Wildman–Crippen MR) is 67.9 cm³/mol. The van der Waals surface area contributed by atoms with Crippen LogP contribution < -0.4 is 0 Å². The number of benzene rings is 1. The zero-order chi connectivity index (χ0) is 11.8.